The molecule has 13 heavy (non-hydrogen) atoms. The van der Waals surface area contributed by atoms with E-state index in [4.69, 9.17) is 0 Å². The van der Waals surface area contributed by atoms with E-state index in [1.165, 1.54) is 38.5 Å². The summed E-state index contributed by atoms with van der Waals surface area (Å²) in [5.74, 6) is 0. The third-order valence-electron chi connectivity index (χ3n) is 1.88. The monoisotopic (exact) mass is 272 g/mol. The van der Waals surface area contributed by atoms with Crippen LogP contribution in [0.2, 0.25) is 0 Å². The van der Waals surface area contributed by atoms with E-state index < -0.39 is 0 Å². The Bertz CT molecular complexity index is 125. The molecule has 0 fully saturated rings. The molecule has 0 saturated heterocycles. The number of allylic oxidation sites excluding steroid dienone is 4. The molecule has 0 N–H and O–H groups in total. The minimum atomic E-state index is 0. The van der Waals surface area contributed by atoms with Gasteiger partial charge in [-0.1, -0.05) is 44.1 Å². The van der Waals surface area contributed by atoms with Crippen LogP contribution in [0.4, 0.5) is 0 Å². The summed E-state index contributed by atoms with van der Waals surface area (Å²) >= 11 is 0. The minimum absolute atomic E-state index is 0. The molecule has 0 aromatic heterocycles. The van der Waals surface area contributed by atoms with Gasteiger partial charge in [0.2, 0.25) is 0 Å². The predicted octanol–water partition coefficient (Wildman–Crippen LogP) is 4.48. The summed E-state index contributed by atoms with van der Waals surface area (Å²) in [6, 6.07) is 0. The van der Waals surface area contributed by atoms with E-state index in [1.54, 1.807) is 0 Å². The Hall–Kier alpha value is 0.142. The van der Waals surface area contributed by atoms with Crippen LogP contribution in [0.3, 0.4) is 0 Å². The van der Waals surface area contributed by atoms with Crippen LogP contribution < -0.4 is 0 Å². The number of unbranched alkanes of at least 4 members (excludes halogenated alkanes) is 4. The van der Waals surface area contributed by atoms with Gasteiger partial charge in [-0.25, -0.2) is 0 Å². The fraction of sp³-hybridized carbons (Fsp3) is 0.667. The van der Waals surface area contributed by atoms with Gasteiger partial charge in [0.25, 0.3) is 0 Å². The molecular formula is C12H22Pd. The normalized spacial score (nSPS) is 10.9. The van der Waals surface area contributed by atoms with E-state index in [0.717, 1.165) is 0 Å². The van der Waals surface area contributed by atoms with E-state index in [1.807, 2.05) is 0 Å². The quantitative estimate of drug-likeness (QED) is 0.364. The molecule has 0 atom stereocenters. The Morgan fingerprint density at radius 1 is 0.846 bits per heavy atom. The third kappa shape index (κ3) is 14.9. The standard InChI is InChI=1S/C12H22.Pd/c1-3-5-7-9-11-12-10-8-6-4-2;/h3,5,11-12H,4,6-10H2,1-2H3;/b5-3-,12-11+;. The van der Waals surface area contributed by atoms with Gasteiger partial charge in [0.05, 0.1) is 0 Å². The first kappa shape index (κ1) is 15.6. The minimum Gasteiger partial charge on any atom is -0.0917 e. The zero-order valence-electron chi connectivity index (χ0n) is 8.87. The molecule has 0 heterocycles. The number of rotatable bonds is 7. The molecule has 1 heteroatoms. The van der Waals surface area contributed by atoms with Gasteiger partial charge in [-0.3, -0.25) is 0 Å². The second kappa shape index (κ2) is 14.7. The summed E-state index contributed by atoms with van der Waals surface area (Å²) in [5.41, 5.74) is 0. The Balaban J connectivity index is 0. The van der Waals surface area contributed by atoms with Gasteiger partial charge in [-0.2, -0.15) is 0 Å². The summed E-state index contributed by atoms with van der Waals surface area (Å²) < 4.78 is 0. The maximum Gasteiger partial charge on any atom is 0 e. The van der Waals surface area contributed by atoms with Crippen molar-refractivity contribution in [2.75, 3.05) is 0 Å². The van der Waals surface area contributed by atoms with Crippen molar-refractivity contribution in [1.29, 1.82) is 0 Å². The first-order valence-corrected chi connectivity index (χ1v) is 5.18. The zero-order valence-corrected chi connectivity index (χ0v) is 10.4. The average molecular weight is 273 g/mol. The Labute approximate surface area is 97.2 Å². The summed E-state index contributed by atoms with van der Waals surface area (Å²) in [5, 5.41) is 0. The molecule has 0 aliphatic carbocycles. The van der Waals surface area contributed by atoms with Crippen LogP contribution in [0.5, 0.6) is 0 Å². The molecule has 0 spiro atoms. The third-order valence-corrected chi connectivity index (χ3v) is 1.88. The van der Waals surface area contributed by atoms with Gasteiger partial charge < -0.3 is 0 Å². The molecular weight excluding hydrogens is 251 g/mol. The van der Waals surface area contributed by atoms with Crippen molar-refractivity contribution < 1.29 is 20.4 Å². The molecule has 0 amide bonds. The van der Waals surface area contributed by atoms with Crippen LogP contribution >= 0.6 is 0 Å². The average Bonchev–Trinajstić information content (AvgIpc) is 2.10. The molecule has 80 valence electrons. The van der Waals surface area contributed by atoms with Crippen LogP contribution in [0, 0.1) is 0 Å². The fourth-order valence-electron chi connectivity index (χ4n) is 1.11. The van der Waals surface area contributed by atoms with Crippen molar-refractivity contribution in [3.8, 4) is 0 Å². The Kier molecular flexibility index (Phi) is 17.6. The SMILES string of the molecule is C/C=C\CC/C=C/CCCCC.[Pd]. The molecule has 0 rings (SSSR count). The predicted molar refractivity (Wildman–Crippen MR) is 57.3 cm³/mol. The zero-order chi connectivity index (χ0) is 9.07. The summed E-state index contributed by atoms with van der Waals surface area (Å²) in [6.07, 6.45) is 16.7. The second-order valence-corrected chi connectivity index (χ2v) is 3.11. The van der Waals surface area contributed by atoms with Crippen molar-refractivity contribution in [1.82, 2.24) is 0 Å². The molecule has 0 aliphatic heterocycles. The van der Waals surface area contributed by atoms with Gasteiger partial charge in [-0.05, 0) is 32.6 Å². The van der Waals surface area contributed by atoms with Crippen LogP contribution in [-0.2, 0) is 20.4 Å². The molecule has 0 aromatic carbocycles. The molecule has 0 aromatic rings. The van der Waals surface area contributed by atoms with E-state index in [0.29, 0.717) is 0 Å². The van der Waals surface area contributed by atoms with Crippen molar-refractivity contribution in [2.24, 2.45) is 0 Å². The summed E-state index contributed by atoms with van der Waals surface area (Å²) in [7, 11) is 0. The molecule has 0 nitrogen and oxygen atoms in total. The van der Waals surface area contributed by atoms with Crippen LogP contribution in [0.15, 0.2) is 24.3 Å². The van der Waals surface area contributed by atoms with Crippen LogP contribution in [0.25, 0.3) is 0 Å². The number of hydrogen-bond acceptors (Lipinski definition) is 0. The summed E-state index contributed by atoms with van der Waals surface area (Å²) in [6.45, 7) is 4.32. The maximum absolute atomic E-state index is 2.32. The van der Waals surface area contributed by atoms with Gasteiger partial charge >= 0.3 is 0 Å². The van der Waals surface area contributed by atoms with Crippen molar-refractivity contribution >= 4 is 0 Å². The van der Waals surface area contributed by atoms with Crippen LogP contribution in [-0.4, -0.2) is 0 Å². The largest absolute Gasteiger partial charge is 0.0917 e. The van der Waals surface area contributed by atoms with Gasteiger partial charge in [0.1, 0.15) is 0 Å². The second-order valence-electron chi connectivity index (χ2n) is 3.11. The fourth-order valence-corrected chi connectivity index (χ4v) is 1.11. The van der Waals surface area contributed by atoms with Gasteiger partial charge in [-0.15, -0.1) is 0 Å². The smallest absolute Gasteiger partial charge is 0 e. The molecule has 0 radical (unpaired) electrons. The molecule has 0 unspecified atom stereocenters. The van der Waals surface area contributed by atoms with E-state index in [-0.39, 0.29) is 20.4 Å². The van der Waals surface area contributed by atoms with Crippen molar-refractivity contribution in [3.05, 3.63) is 24.3 Å². The van der Waals surface area contributed by atoms with E-state index in [2.05, 4.69) is 38.2 Å². The van der Waals surface area contributed by atoms with Crippen molar-refractivity contribution in [3.63, 3.8) is 0 Å². The molecule has 0 aliphatic rings. The first-order valence-electron chi connectivity index (χ1n) is 5.18. The topological polar surface area (TPSA) is 0 Å². The van der Waals surface area contributed by atoms with Crippen LogP contribution in [0.1, 0.15) is 52.4 Å². The van der Waals surface area contributed by atoms with Gasteiger partial charge in [0, 0.05) is 20.4 Å². The summed E-state index contributed by atoms with van der Waals surface area (Å²) in [4.78, 5) is 0. The van der Waals surface area contributed by atoms with Crippen molar-refractivity contribution in [2.45, 2.75) is 52.4 Å². The Morgan fingerprint density at radius 3 is 2.08 bits per heavy atom. The van der Waals surface area contributed by atoms with E-state index in [9.17, 15) is 0 Å². The number of hydrogen-bond donors (Lipinski definition) is 0. The molecule has 0 saturated carbocycles. The Morgan fingerprint density at radius 2 is 1.46 bits per heavy atom. The van der Waals surface area contributed by atoms with E-state index >= 15 is 0 Å². The molecule has 0 bridgehead atoms. The van der Waals surface area contributed by atoms with Gasteiger partial charge in [0.15, 0.2) is 0 Å². The first-order chi connectivity index (χ1) is 5.91. The maximum atomic E-state index is 2.32.